The molecule has 0 bridgehead atoms. The second kappa shape index (κ2) is 10.8. The van der Waals surface area contributed by atoms with E-state index in [1.165, 1.54) is 23.3 Å². The lowest BCUT2D eigenvalue weighted by Gasteiger charge is -2.51. The van der Waals surface area contributed by atoms with Crippen LogP contribution in [0.4, 0.5) is 9.18 Å². The maximum Gasteiger partial charge on any atom is 0.411 e. The zero-order valence-electron chi connectivity index (χ0n) is 22.2. The van der Waals surface area contributed by atoms with Crippen LogP contribution in [-0.2, 0) is 24.7 Å². The Morgan fingerprint density at radius 1 is 1.26 bits per heavy atom. The number of hydrogen-bond acceptors (Lipinski definition) is 8. The fourth-order valence-electron chi connectivity index (χ4n) is 5.36. The molecule has 0 saturated carbocycles. The third-order valence-electron chi connectivity index (χ3n) is 7.25. The van der Waals surface area contributed by atoms with Crippen molar-refractivity contribution < 1.29 is 42.9 Å². The van der Waals surface area contributed by atoms with Gasteiger partial charge in [-0.15, -0.1) is 0 Å². The van der Waals surface area contributed by atoms with Crippen LogP contribution in [-0.4, -0.2) is 69.7 Å². The van der Waals surface area contributed by atoms with E-state index in [0.717, 1.165) is 24.6 Å². The molecule has 210 valence electrons. The van der Waals surface area contributed by atoms with Crippen LogP contribution in [0.25, 0.3) is 11.0 Å². The van der Waals surface area contributed by atoms with Crippen molar-refractivity contribution in [1.29, 1.82) is 0 Å². The van der Waals surface area contributed by atoms with Gasteiger partial charge in [-0.1, -0.05) is 0 Å². The number of halogens is 1. The van der Waals surface area contributed by atoms with Crippen LogP contribution in [0, 0.1) is 5.82 Å². The number of aliphatic imine (C=N–C) groups is 1. The molecule has 39 heavy (non-hydrogen) atoms. The highest BCUT2D eigenvalue weighted by Crippen LogP contribution is 2.46. The van der Waals surface area contributed by atoms with E-state index < -0.39 is 40.6 Å². The molecule has 2 atom stereocenters. The van der Waals surface area contributed by atoms with Gasteiger partial charge < -0.3 is 24.1 Å². The molecule has 4 rings (SSSR count). The van der Waals surface area contributed by atoms with Crippen LogP contribution in [0.2, 0.25) is 0 Å². The molecular weight excluding hydrogens is 511 g/mol. The first-order valence-corrected chi connectivity index (χ1v) is 12.8. The molecule has 10 nitrogen and oxygen atoms in total. The Balaban J connectivity index is 1.59. The highest BCUT2D eigenvalue weighted by molar-refractivity contribution is 5.97. The number of carboxylic acids is 1. The van der Waals surface area contributed by atoms with Gasteiger partial charge in [-0.25, -0.2) is 18.8 Å². The lowest BCUT2D eigenvalue weighted by atomic mass is 9.71. The summed E-state index contributed by atoms with van der Waals surface area (Å²) in [5.74, 6) is -2.68. The summed E-state index contributed by atoms with van der Waals surface area (Å²) in [5.41, 5.74) is -2.34. The molecular formula is C28H33FN2O8. The Labute approximate surface area is 225 Å². The molecule has 1 aromatic carbocycles. The third kappa shape index (κ3) is 6.13. The summed E-state index contributed by atoms with van der Waals surface area (Å²) >= 11 is 0. The number of piperidine rings is 1. The van der Waals surface area contributed by atoms with E-state index in [1.54, 1.807) is 19.9 Å². The van der Waals surface area contributed by atoms with Crippen LogP contribution in [0.5, 0.6) is 0 Å². The van der Waals surface area contributed by atoms with Crippen LogP contribution >= 0.6 is 0 Å². The fraction of sp³-hybridized carbons (Fsp3) is 0.500. The average molecular weight is 545 g/mol. The van der Waals surface area contributed by atoms with E-state index in [-0.39, 0.29) is 26.0 Å². The SMILES string of the molecule is CC(C)(COC(=O)/C=C/C(=O)O)OC(=O)N1CCC(O)(c2cc(F)cc3ccoc23)CC1(C)C1=NCCCC1. The number of aliphatic hydroxyl groups is 1. The molecule has 0 radical (unpaired) electrons. The van der Waals surface area contributed by atoms with Gasteiger partial charge in [0, 0.05) is 48.3 Å². The summed E-state index contributed by atoms with van der Waals surface area (Å²) in [6.07, 6.45) is 4.75. The first kappa shape index (κ1) is 28.3. The van der Waals surface area contributed by atoms with Crippen molar-refractivity contribution in [3.8, 4) is 0 Å². The Bertz CT molecular complexity index is 1330. The number of aliphatic carboxylic acids is 1. The van der Waals surface area contributed by atoms with E-state index in [4.69, 9.17) is 24.0 Å². The second-order valence-corrected chi connectivity index (χ2v) is 10.9. The fourth-order valence-corrected chi connectivity index (χ4v) is 5.36. The summed E-state index contributed by atoms with van der Waals surface area (Å²) in [6, 6.07) is 4.25. The molecule has 2 aliphatic heterocycles. The Hall–Kier alpha value is -3.73. The number of fused-ring (bicyclic) bond motifs is 1. The Morgan fingerprint density at radius 3 is 2.72 bits per heavy atom. The largest absolute Gasteiger partial charge is 0.478 e. The summed E-state index contributed by atoms with van der Waals surface area (Å²) in [7, 11) is 0. The average Bonchev–Trinajstić information content (AvgIpc) is 3.34. The predicted octanol–water partition coefficient (Wildman–Crippen LogP) is 4.34. The van der Waals surface area contributed by atoms with Crippen molar-refractivity contribution in [2.75, 3.05) is 19.7 Å². The molecule has 1 saturated heterocycles. The first-order chi connectivity index (χ1) is 18.3. The van der Waals surface area contributed by atoms with Gasteiger partial charge in [0.1, 0.15) is 23.6 Å². The van der Waals surface area contributed by atoms with Crippen molar-refractivity contribution in [1.82, 2.24) is 4.90 Å². The number of esters is 1. The number of nitrogens with zero attached hydrogens (tertiary/aromatic N) is 2. The topological polar surface area (TPSA) is 139 Å². The zero-order valence-corrected chi connectivity index (χ0v) is 22.2. The number of benzene rings is 1. The molecule has 2 aliphatic rings. The zero-order chi connectivity index (χ0) is 28.4. The predicted molar refractivity (Wildman–Crippen MR) is 139 cm³/mol. The number of carboxylic acid groups (broad SMARTS) is 1. The molecule has 11 heteroatoms. The normalized spacial score (nSPS) is 24.0. The van der Waals surface area contributed by atoms with E-state index in [0.29, 0.717) is 35.6 Å². The number of likely N-dealkylation sites (tertiary alicyclic amines) is 1. The lowest BCUT2D eigenvalue weighted by Crippen LogP contribution is -2.63. The molecule has 0 spiro atoms. The minimum atomic E-state index is -1.51. The second-order valence-electron chi connectivity index (χ2n) is 10.9. The first-order valence-electron chi connectivity index (χ1n) is 12.8. The van der Waals surface area contributed by atoms with Crippen molar-refractivity contribution in [2.24, 2.45) is 4.99 Å². The number of rotatable bonds is 7. The summed E-state index contributed by atoms with van der Waals surface area (Å²) in [4.78, 5) is 42.2. The van der Waals surface area contributed by atoms with Gasteiger partial charge in [0.05, 0.1) is 17.4 Å². The molecule has 2 N–H and O–H groups in total. The Morgan fingerprint density at radius 2 is 2.03 bits per heavy atom. The highest BCUT2D eigenvalue weighted by atomic mass is 19.1. The quantitative estimate of drug-likeness (QED) is 0.388. The highest BCUT2D eigenvalue weighted by Gasteiger charge is 2.53. The maximum absolute atomic E-state index is 14.5. The third-order valence-corrected chi connectivity index (χ3v) is 7.25. The van der Waals surface area contributed by atoms with E-state index in [9.17, 15) is 23.9 Å². The van der Waals surface area contributed by atoms with E-state index in [1.807, 2.05) is 6.92 Å². The van der Waals surface area contributed by atoms with Gasteiger partial charge in [-0.05, 0) is 64.7 Å². The number of ether oxygens (including phenoxy) is 2. The monoisotopic (exact) mass is 544 g/mol. The van der Waals surface area contributed by atoms with Gasteiger partial charge >= 0.3 is 18.0 Å². The van der Waals surface area contributed by atoms with Gasteiger partial charge in [0.2, 0.25) is 0 Å². The molecule has 0 aliphatic carbocycles. The number of carbonyl (C=O) groups excluding carboxylic acids is 2. The minimum absolute atomic E-state index is 0.0442. The summed E-state index contributed by atoms with van der Waals surface area (Å²) in [6.45, 7) is 5.33. The van der Waals surface area contributed by atoms with Crippen LogP contribution in [0.3, 0.4) is 0 Å². The van der Waals surface area contributed by atoms with Gasteiger partial charge in [0.15, 0.2) is 0 Å². The summed E-state index contributed by atoms with van der Waals surface area (Å²) in [5, 5.41) is 21.1. The van der Waals surface area contributed by atoms with Gasteiger partial charge in [-0.3, -0.25) is 9.89 Å². The molecule has 2 unspecified atom stereocenters. The number of hydrogen-bond donors (Lipinski definition) is 2. The number of amides is 1. The Kier molecular flexibility index (Phi) is 7.83. The van der Waals surface area contributed by atoms with E-state index >= 15 is 0 Å². The summed E-state index contributed by atoms with van der Waals surface area (Å²) < 4.78 is 30.9. The number of carbonyl (C=O) groups is 3. The molecule has 1 amide bonds. The van der Waals surface area contributed by atoms with Crippen molar-refractivity contribution >= 4 is 34.7 Å². The van der Waals surface area contributed by atoms with E-state index in [2.05, 4.69) is 0 Å². The van der Waals surface area contributed by atoms with Crippen molar-refractivity contribution in [3.63, 3.8) is 0 Å². The molecule has 1 aromatic heterocycles. The van der Waals surface area contributed by atoms with Crippen LogP contribution in [0.15, 0.2) is 46.0 Å². The van der Waals surface area contributed by atoms with Gasteiger partial charge in [-0.2, -0.15) is 0 Å². The molecule has 3 heterocycles. The smallest absolute Gasteiger partial charge is 0.411 e. The standard InChI is InChI=1S/C28H33FN2O8/c1-26(2,17-38-23(34)8-7-22(32)33)39-25(35)31-12-10-28(36,16-27(31,3)21-6-4-5-11-30-21)20-15-19(29)14-18-9-13-37-24(18)20/h7-9,13-15,36H,4-6,10-12,16-17H2,1-3H3,(H,32,33)/b8-7+. The minimum Gasteiger partial charge on any atom is -0.478 e. The van der Waals surface area contributed by atoms with Crippen LogP contribution < -0.4 is 0 Å². The van der Waals surface area contributed by atoms with Gasteiger partial charge in [0.25, 0.3) is 0 Å². The van der Waals surface area contributed by atoms with Crippen molar-refractivity contribution in [2.45, 2.75) is 69.6 Å². The number of furan rings is 1. The maximum atomic E-state index is 14.5. The molecule has 2 aromatic rings. The molecule has 1 fully saturated rings. The van der Waals surface area contributed by atoms with Crippen LogP contribution in [0.1, 0.15) is 58.4 Å². The lowest BCUT2D eigenvalue weighted by molar-refractivity contribution is -0.145. The van der Waals surface area contributed by atoms with Crippen molar-refractivity contribution in [3.05, 3.63) is 48.0 Å².